The van der Waals surface area contributed by atoms with Crippen LogP contribution in [-0.2, 0) is 17.8 Å². The molecule has 1 unspecified atom stereocenters. The summed E-state index contributed by atoms with van der Waals surface area (Å²) in [5, 5.41) is 10.6. The summed E-state index contributed by atoms with van der Waals surface area (Å²) in [7, 11) is 0. The van der Waals surface area contributed by atoms with E-state index in [1.165, 1.54) is 17.2 Å². The maximum Gasteiger partial charge on any atom is 0.490 e. The zero-order valence-electron chi connectivity index (χ0n) is 19.4. The lowest BCUT2D eigenvalue weighted by molar-refractivity contribution is -0.192. The Bertz CT molecular complexity index is 1440. The van der Waals surface area contributed by atoms with Gasteiger partial charge in [-0.25, -0.2) is 24.1 Å². The van der Waals surface area contributed by atoms with Crippen LogP contribution in [-0.4, -0.2) is 43.8 Å². The van der Waals surface area contributed by atoms with Gasteiger partial charge in [-0.2, -0.15) is 13.2 Å². The van der Waals surface area contributed by atoms with E-state index in [1.54, 1.807) is 12.3 Å². The zero-order valence-corrected chi connectivity index (χ0v) is 19.4. The number of hydrogen-bond donors (Lipinski definition) is 4. The molecule has 0 aliphatic carbocycles. The number of anilines is 1. The molecule has 5 N–H and O–H groups in total. The molecule has 0 saturated heterocycles. The molecule has 0 saturated carbocycles. The summed E-state index contributed by atoms with van der Waals surface area (Å²) < 4.78 is 52.2. The molecule has 194 valence electrons. The molecule has 0 radical (unpaired) electrons. The van der Waals surface area contributed by atoms with E-state index in [4.69, 9.17) is 20.4 Å². The van der Waals surface area contributed by atoms with E-state index in [9.17, 15) is 17.6 Å². The van der Waals surface area contributed by atoms with Crippen LogP contribution in [0.5, 0.6) is 5.75 Å². The Morgan fingerprint density at radius 3 is 2.62 bits per heavy atom. The molecule has 13 heteroatoms. The van der Waals surface area contributed by atoms with Gasteiger partial charge >= 0.3 is 12.1 Å². The van der Waals surface area contributed by atoms with Gasteiger partial charge in [0.15, 0.2) is 5.82 Å². The summed E-state index contributed by atoms with van der Waals surface area (Å²) in [5.41, 5.74) is 10.2. The van der Waals surface area contributed by atoms with Crippen LogP contribution in [0.15, 0.2) is 42.6 Å². The number of carboxylic acid groups (broad SMARTS) is 1. The molecule has 1 aliphatic rings. The molecule has 37 heavy (non-hydrogen) atoms. The van der Waals surface area contributed by atoms with E-state index in [0.29, 0.717) is 34.7 Å². The lowest BCUT2D eigenvalue weighted by Crippen LogP contribution is -2.29. The number of halogens is 4. The second-order valence-corrected chi connectivity index (χ2v) is 8.08. The summed E-state index contributed by atoms with van der Waals surface area (Å²) in [6.07, 6.45) is -2.79. The number of aromatic amines is 1. The number of nitrogens with one attached hydrogen (secondary N) is 2. The highest BCUT2D eigenvalue weighted by Crippen LogP contribution is 2.30. The average molecular weight is 518 g/mol. The van der Waals surface area contributed by atoms with Crippen LogP contribution in [0.1, 0.15) is 29.9 Å². The topological polar surface area (TPSA) is 139 Å². The standard InChI is InChI=1S/C22H21FN6O.C2HF3O2/c1-2-30-15-4-3-12-11-26-19(9-13(12)7-15)21-27-18-10-14(8-16(23)20(18)29-21)17-5-6-25-22(24)28-17;3-2(4,5)1(6)7/h3-8,10,19,26H,2,9,11H2,1H3,(H,27,29)(H2,24,25,28);(H,6,7). The number of ether oxygens (including phenoxy) is 1. The van der Waals surface area contributed by atoms with Gasteiger partial charge in [0.25, 0.3) is 0 Å². The van der Waals surface area contributed by atoms with Gasteiger partial charge < -0.3 is 25.9 Å². The van der Waals surface area contributed by atoms with Gasteiger partial charge in [-0.1, -0.05) is 6.07 Å². The molecule has 0 spiro atoms. The molecule has 9 nitrogen and oxygen atoms in total. The van der Waals surface area contributed by atoms with Crippen LogP contribution in [0.3, 0.4) is 0 Å². The van der Waals surface area contributed by atoms with Crippen molar-refractivity contribution < 1.29 is 32.2 Å². The van der Waals surface area contributed by atoms with Crippen LogP contribution in [0.4, 0.5) is 23.5 Å². The highest BCUT2D eigenvalue weighted by atomic mass is 19.4. The second-order valence-electron chi connectivity index (χ2n) is 8.08. The molecule has 5 rings (SSSR count). The van der Waals surface area contributed by atoms with Crippen LogP contribution in [0, 0.1) is 5.82 Å². The summed E-state index contributed by atoms with van der Waals surface area (Å²) in [6.45, 7) is 3.32. The number of aromatic nitrogens is 4. The van der Waals surface area contributed by atoms with Crippen molar-refractivity contribution >= 4 is 23.0 Å². The van der Waals surface area contributed by atoms with Crippen LogP contribution in [0.2, 0.25) is 0 Å². The van der Waals surface area contributed by atoms with Crippen LogP contribution < -0.4 is 15.8 Å². The zero-order chi connectivity index (χ0) is 26.7. The van der Waals surface area contributed by atoms with Crippen molar-refractivity contribution in [3.8, 4) is 17.0 Å². The summed E-state index contributed by atoms with van der Waals surface area (Å²) in [6, 6.07) is 11.1. The lowest BCUT2D eigenvalue weighted by atomic mass is 9.95. The number of imidazole rings is 1. The third-order valence-corrected chi connectivity index (χ3v) is 5.55. The fourth-order valence-corrected chi connectivity index (χ4v) is 3.88. The normalized spacial score (nSPS) is 15.0. The van der Waals surface area contributed by atoms with Gasteiger partial charge in [0.1, 0.15) is 17.1 Å². The van der Waals surface area contributed by atoms with Crippen molar-refractivity contribution in [3.05, 3.63) is 65.4 Å². The minimum absolute atomic E-state index is 0.0423. The number of carbonyl (C=O) groups is 1. The summed E-state index contributed by atoms with van der Waals surface area (Å²) in [4.78, 5) is 24.8. The first-order valence-electron chi connectivity index (χ1n) is 11.1. The Morgan fingerprint density at radius 1 is 1.19 bits per heavy atom. The molecule has 4 aromatic rings. The first kappa shape index (κ1) is 25.8. The number of rotatable bonds is 4. The molecule has 0 amide bonds. The van der Waals surface area contributed by atoms with Crippen molar-refractivity contribution in [3.63, 3.8) is 0 Å². The largest absolute Gasteiger partial charge is 0.494 e. The van der Waals surface area contributed by atoms with Gasteiger partial charge in [0, 0.05) is 18.3 Å². The fraction of sp³-hybridized carbons (Fsp3) is 0.250. The first-order chi connectivity index (χ1) is 17.5. The number of nitrogens with two attached hydrogens (primary N) is 1. The quantitative estimate of drug-likeness (QED) is 0.296. The molecule has 1 atom stereocenters. The second kappa shape index (κ2) is 10.4. The number of hydrogen-bond acceptors (Lipinski definition) is 7. The van der Waals surface area contributed by atoms with Gasteiger partial charge in [0.05, 0.1) is 23.9 Å². The fourth-order valence-electron chi connectivity index (χ4n) is 3.88. The van der Waals surface area contributed by atoms with Gasteiger partial charge in [-0.05, 0) is 54.8 Å². The number of benzene rings is 2. The molecule has 0 bridgehead atoms. The van der Waals surface area contributed by atoms with Gasteiger partial charge in [-0.15, -0.1) is 0 Å². The average Bonchev–Trinajstić information content (AvgIpc) is 3.29. The third kappa shape index (κ3) is 5.94. The maximum atomic E-state index is 14.8. The van der Waals surface area contributed by atoms with Crippen LogP contribution >= 0.6 is 0 Å². The highest BCUT2D eigenvalue weighted by molar-refractivity contribution is 5.82. The Labute approximate surface area is 207 Å². The van der Waals surface area contributed by atoms with E-state index >= 15 is 0 Å². The Balaban J connectivity index is 0.000000405. The molecule has 2 aromatic carbocycles. The van der Waals surface area contributed by atoms with Gasteiger partial charge in [-0.3, -0.25) is 0 Å². The number of nitrogen functional groups attached to an aromatic ring is 1. The molecular formula is C24H22F4N6O3. The number of aliphatic carboxylic acids is 1. The molecule has 0 fully saturated rings. The summed E-state index contributed by atoms with van der Waals surface area (Å²) in [5.74, 6) is -1.45. The van der Waals surface area contributed by atoms with Crippen molar-refractivity contribution in [2.45, 2.75) is 32.1 Å². The Morgan fingerprint density at radius 2 is 1.95 bits per heavy atom. The van der Waals surface area contributed by atoms with Crippen LogP contribution in [0.25, 0.3) is 22.3 Å². The number of alkyl halides is 3. The van der Waals surface area contributed by atoms with E-state index in [1.807, 2.05) is 19.1 Å². The van der Waals surface area contributed by atoms with E-state index < -0.39 is 18.0 Å². The van der Waals surface area contributed by atoms with E-state index in [-0.39, 0.29) is 12.0 Å². The summed E-state index contributed by atoms with van der Waals surface area (Å²) >= 11 is 0. The predicted molar refractivity (Wildman–Crippen MR) is 126 cm³/mol. The molecular weight excluding hydrogens is 496 g/mol. The molecule has 1 aliphatic heterocycles. The highest BCUT2D eigenvalue weighted by Gasteiger charge is 2.38. The van der Waals surface area contributed by atoms with E-state index in [2.05, 4.69) is 37.4 Å². The smallest absolute Gasteiger partial charge is 0.490 e. The van der Waals surface area contributed by atoms with Gasteiger partial charge in [0.2, 0.25) is 5.95 Å². The Kier molecular flexibility index (Phi) is 7.25. The van der Waals surface area contributed by atoms with Crippen molar-refractivity contribution in [2.24, 2.45) is 0 Å². The number of fused-ring (bicyclic) bond motifs is 2. The molecule has 3 heterocycles. The minimum Gasteiger partial charge on any atom is -0.494 e. The number of nitrogens with zero attached hydrogens (tertiary/aromatic N) is 3. The SMILES string of the molecule is CCOc1ccc2c(c1)CC(c1nc3c(F)cc(-c4ccnc(N)n4)cc3[nH]1)NC2.O=C(O)C(F)(F)F. The van der Waals surface area contributed by atoms with Crippen molar-refractivity contribution in [2.75, 3.05) is 12.3 Å². The van der Waals surface area contributed by atoms with E-state index in [0.717, 1.165) is 18.7 Å². The third-order valence-electron chi connectivity index (χ3n) is 5.55. The van der Waals surface area contributed by atoms with Crippen molar-refractivity contribution in [1.82, 2.24) is 25.3 Å². The monoisotopic (exact) mass is 518 g/mol. The Hall–Kier alpha value is -4.26. The first-order valence-corrected chi connectivity index (χ1v) is 11.1. The molecule has 2 aromatic heterocycles. The van der Waals surface area contributed by atoms with Crippen molar-refractivity contribution in [1.29, 1.82) is 0 Å². The number of H-pyrrole nitrogens is 1. The maximum absolute atomic E-state index is 14.8. The predicted octanol–water partition coefficient (Wildman–Crippen LogP) is 4.16. The number of carboxylic acids is 1. The minimum atomic E-state index is -5.08. The lowest BCUT2D eigenvalue weighted by Gasteiger charge is -2.25.